The van der Waals surface area contributed by atoms with Gasteiger partial charge in [-0.2, -0.15) is 0 Å². The second-order valence-electron chi connectivity index (χ2n) is 4.96. The minimum absolute atomic E-state index is 0.845. The molecule has 1 rings (SSSR count). The Kier molecular flexibility index (Phi) is 5.92. The van der Waals surface area contributed by atoms with Gasteiger partial charge in [0, 0.05) is 0 Å². The molecular formula is C16H24. The van der Waals surface area contributed by atoms with Crippen molar-refractivity contribution in [2.75, 3.05) is 0 Å². The molecular weight excluding hydrogens is 192 g/mol. The number of allylic oxidation sites excluding steroid dienone is 1. The van der Waals surface area contributed by atoms with Gasteiger partial charge in [-0.3, -0.25) is 0 Å². The van der Waals surface area contributed by atoms with Gasteiger partial charge < -0.3 is 0 Å². The van der Waals surface area contributed by atoms with E-state index in [0.29, 0.717) is 0 Å². The molecule has 0 aliphatic carbocycles. The van der Waals surface area contributed by atoms with E-state index in [4.69, 9.17) is 0 Å². The molecule has 0 aliphatic rings. The van der Waals surface area contributed by atoms with Gasteiger partial charge in [0.05, 0.1) is 0 Å². The second-order valence-corrected chi connectivity index (χ2v) is 4.96. The van der Waals surface area contributed by atoms with Crippen molar-refractivity contribution in [1.82, 2.24) is 0 Å². The molecule has 0 saturated carbocycles. The second kappa shape index (κ2) is 7.27. The molecule has 0 saturated heterocycles. The van der Waals surface area contributed by atoms with Crippen LogP contribution < -0.4 is 0 Å². The van der Waals surface area contributed by atoms with Crippen LogP contribution in [0.15, 0.2) is 36.9 Å². The van der Waals surface area contributed by atoms with Gasteiger partial charge in [-0.15, -0.1) is 0 Å². The molecule has 0 unspecified atom stereocenters. The third-order valence-corrected chi connectivity index (χ3v) is 2.94. The molecule has 0 heteroatoms. The first-order valence-corrected chi connectivity index (χ1v) is 6.43. The molecule has 0 aromatic heterocycles. The van der Waals surface area contributed by atoms with Crippen molar-refractivity contribution in [2.45, 2.75) is 46.0 Å². The van der Waals surface area contributed by atoms with Gasteiger partial charge >= 0.3 is 0 Å². The van der Waals surface area contributed by atoms with Crippen molar-refractivity contribution >= 4 is 5.57 Å². The van der Waals surface area contributed by atoms with Crippen LogP contribution in [0, 0.1) is 5.92 Å². The van der Waals surface area contributed by atoms with Gasteiger partial charge in [-0.1, -0.05) is 70.0 Å². The first-order chi connectivity index (χ1) is 7.70. The van der Waals surface area contributed by atoms with Crippen LogP contribution in [0.1, 0.15) is 51.5 Å². The summed E-state index contributed by atoms with van der Waals surface area (Å²) >= 11 is 0. The lowest BCUT2D eigenvalue weighted by Gasteiger charge is -2.07. The normalized spacial score (nSPS) is 10.7. The molecule has 0 spiro atoms. The lowest BCUT2D eigenvalue weighted by atomic mass is 9.99. The highest BCUT2D eigenvalue weighted by molar-refractivity contribution is 5.62. The molecule has 88 valence electrons. The largest absolute Gasteiger partial charge is 0.0952 e. The van der Waals surface area contributed by atoms with E-state index in [1.165, 1.54) is 36.8 Å². The van der Waals surface area contributed by atoms with Gasteiger partial charge in [0.2, 0.25) is 0 Å². The molecule has 0 radical (unpaired) electrons. The number of hydrogen-bond acceptors (Lipinski definition) is 0. The zero-order chi connectivity index (χ0) is 11.8. The number of rotatable bonds is 7. The predicted molar refractivity (Wildman–Crippen MR) is 73.4 cm³/mol. The molecule has 0 bridgehead atoms. The van der Waals surface area contributed by atoms with Gasteiger partial charge in [-0.05, 0) is 29.9 Å². The quantitative estimate of drug-likeness (QED) is 0.542. The molecule has 0 aliphatic heterocycles. The molecule has 0 atom stereocenters. The Morgan fingerprint density at radius 2 is 1.75 bits per heavy atom. The van der Waals surface area contributed by atoms with Gasteiger partial charge in [0.15, 0.2) is 0 Å². The highest BCUT2D eigenvalue weighted by Crippen LogP contribution is 2.19. The average molecular weight is 216 g/mol. The molecule has 0 fully saturated rings. The summed E-state index contributed by atoms with van der Waals surface area (Å²) in [5.74, 6) is 0.845. The maximum atomic E-state index is 4.16. The lowest BCUT2D eigenvalue weighted by molar-refractivity contribution is 0.529. The van der Waals surface area contributed by atoms with Crippen LogP contribution in [0.5, 0.6) is 0 Å². The van der Waals surface area contributed by atoms with Crippen molar-refractivity contribution in [3.8, 4) is 0 Å². The van der Waals surface area contributed by atoms with Crippen molar-refractivity contribution in [2.24, 2.45) is 5.92 Å². The maximum absolute atomic E-state index is 4.16. The highest BCUT2D eigenvalue weighted by atomic mass is 14.0. The number of benzene rings is 1. The molecule has 0 heterocycles. The smallest absolute Gasteiger partial charge is 0.0230 e. The zero-order valence-corrected chi connectivity index (χ0v) is 10.7. The molecule has 1 aromatic carbocycles. The Labute approximate surface area is 100 Å². The predicted octanol–water partition coefficient (Wildman–Crippen LogP) is 5.31. The molecule has 0 nitrogen and oxygen atoms in total. The van der Waals surface area contributed by atoms with Gasteiger partial charge in [0.25, 0.3) is 0 Å². The van der Waals surface area contributed by atoms with Crippen LogP contribution >= 0.6 is 0 Å². The minimum Gasteiger partial charge on any atom is -0.0952 e. The van der Waals surface area contributed by atoms with Crippen LogP contribution in [0.25, 0.3) is 5.57 Å². The maximum Gasteiger partial charge on any atom is -0.0230 e. The van der Waals surface area contributed by atoms with E-state index >= 15 is 0 Å². The number of unbranched alkanes of at least 4 members (excludes halogenated alkanes) is 2. The summed E-state index contributed by atoms with van der Waals surface area (Å²) in [6, 6.07) is 10.5. The van der Waals surface area contributed by atoms with E-state index in [0.717, 1.165) is 12.3 Å². The Bertz CT molecular complexity index is 295. The van der Waals surface area contributed by atoms with Crippen LogP contribution in [0.3, 0.4) is 0 Å². The standard InChI is InChI=1S/C16H24/c1-14(2)10-6-4-7-11-15(3)16-12-8-5-9-13-16/h5,8-9,12-14H,3-4,6-7,10-11H2,1-2H3. The monoisotopic (exact) mass is 216 g/mol. The van der Waals surface area contributed by atoms with Crippen LogP contribution in [0.4, 0.5) is 0 Å². The lowest BCUT2D eigenvalue weighted by Crippen LogP contribution is -1.88. The molecule has 0 N–H and O–H groups in total. The Balaban J connectivity index is 2.16. The summed E-state index contributed by atoms with van der Waals surface area (Å²) in [6.07, 6.45) is 6.48. The molecule has 0 amide bonds. The van der Waals surface area contributed by atoms with Crippen LogP contribution in [-0.2, 0) is 0 Å². The average Bonchev–Trinajstić information content (AvgIpc) is 2.29. The summed E-state index contributed by atoms with van der Waals surface area (Å²) in [4.78, 5) is 0. The zero-order valence-electron chi connectivity index (χ0n) is 10.7. The fraction of sp³-hybridized carbons (Fsp3) is 0.500. The summed E-state index contributed by atoms with van der Waals surface area (Å²) in [7, 11) is 0. The Morgan fingerprint density at radius 1 is 1.06 bits per heavy atom. The molecule has 1 aromatic rings. The van der Waals surface area contributed by atoms with E-state index < -0.39 is 0 Å². The van der Waals surface area contributed by atoms with Gasteiger partial charge in [0.1, 0.15) is 0 Å². The van der Waals surface area contributed by atoms with Crippen LogP contribution in [0.2, 0.25) is 0 Å². The fourth-order valence-electron chi connectivity index (χ4n) is 1.89. The summed E-state index contributed by atoms with van der Waals surface area (Å²) in [5.41, 5.74) is 2.58. The van der Waals surface area contributed by atoms with Crippen molar-refractivity contribution in [3.05, 3.63) is 42.5 Å². The minimum atomic E-state index is 0.845. The summed E-state index contributed by atoms with van der Waals surface area (Å²) in [6.45, 7) is 8.75. The highest BCUT2D eigenvalue weighted by Gasteiger charge is 1.98. The van der Waals surface area contributed by atoms with E-state index in [-0.39, 0.29) is 0 Å². The first kappa shape index (κ1) is 13.0. The molecule has 16 heavy (non-hydrogen) atoms. The van der Waals surface area contributed by atoms with Gasteiger partial charge in [-0.25, -0.2) is 0 Å². The van der Waals surface area contributed by atoms with Crippen molar-refractivity contribution in [3.63, 3.8) is 0 Å². The van der Waals surface area contributed by atoms with E-state index in [2.05, 4.69) is 50.8 Å². The van der Waals surface area contributed by atoms with E-state index in [1.54, 1.807) is 0 Å². The van der Waals surface area contributed by atoms with E-state index in [1.807, 2.05) is 0 Å². The third-order valence-electron chi connectivity index (χ3n) is 2.94. The first-order valence-electron chi connectivity index (χ1n) is 6.43. The van der Waals surface area contributed by atoms with Crippen molar-refractivity contribution in [1.29, 1.82) is 0 Å². The Hall–Kier alpha value is -1.04. The Morgan fingerprint density at radius 3 is 2.38 bits per heavy atom. The number of hydrogen-bond donors (Lipinski definition) is 0. The topological polar surface area (TPSA) is 0 Å². The van der Waals surface area contributed by atoms with Crippen LogP contribution in [-0.4, -0.2) is 0 Å². The van der Waals surface area contributed by atoms with Crippen molar-refractivity contribution < 1.29 is 0 Å². The summed E-state index contributed by atoms with van der Waals surface area (Å²) in [5, 5.41) is 0. The SMILES string of the molecule is C=C(CCCCCC(C)C)c1ccccc1. The summed E-state index contributed by atoms with van der Waals surface area (Å²) < 4.78 is 0. The third kappa shape index (κ3) is 5.16. The fourth-order valence-corrected chi connectivity index (χ4v) is 1.89. The van der Waals surface area contributed by atoms with E-state index in [9.17, 15) is 0 Å².